The molecule has 3 aromatic rings. The number of hydrogen-bond acceptors (Lipinski definition) is 2. The van der Waals surface area contributed by atoms with E-state index in [1.807, 2.05) is 0 Å². The fourth-order valence-electron chi connectivity index (χ4n) is 2.46. The second kappa shape index (κ2) is 6.12. The molecule has 0 fully saturated rings. The monoisotopic (exact) mass is 348 g/mol. The summed E-state index contributed by atoms with van der Waals surface area (Å²) < 4.78 is 3.52. The fraction of sp³-hybridized carbons (Fsp3) is 0.250. The Morgan fingerprint density at radius 1 is 1.30 bits per heavy atom. The van der Waals surface area contributed by atoms with Crippen LogP contribution in [0.3, 0.4) is 0 Å². The number of benzene rings is 1. The first kappa shape index (κ1) is 13.9. The Morgan fingerprint density at radius 3 is 2.90 bits per heavy atom. The Balaban J connectivity index is 1.97. The predicted molar refractivity (Wildman–Crippen MR) is 90.4 cm³/mol. The van der Waals surface area contributed by atoms with Crippen molar-refractivity contribution < 1.29 is 0 Å². The molecule has 0 radical (unpaired) electrons. The lowest BCUT2D eigenvalue weighted by Crippen LogP contribution is -2.11. The third kappa shape index (κ3) is 2.82. The Kier molecular flexibility index (Phi) is 4.24. The zero-order chi connectivity index (χ0) is 13.9. The summed E-state index contributed by atoms with van der Waals surface area (Å²) in [7, 11) is 0. The van der Waals surface area contributed by atoms with Crippen LogP contribution in [0.15, 0.2) is 46.4 Å². The van der Waals surface area contributed by atoms with Gasteiger partial charge in [-0.1, -0.05) is 25.1 Å². The van der Waals surface area contributed by atoms with Crippen molar-refractivity contribution in [3.05, 3.63) is 56.8 Å². The minimum Gasteiger partial charge on any atom is -0.342 e. The Hall–Kier alpha value is -1.10. The summed E-state index contributed by atoms with van der Waals surface area (Å²) in [6, 6.07) is 10.8. The van der Waals surface area contributed by atoms with Crippen LogP contribution >= 0.6 is 27.3 Å². The van der Waals surface area contributed by atoms with Gasteiger partial charge in [-0.25, -0.2) is 0 Å². The molecule has 0 unspecified atom stereocenters. The molecule has 104 valence electrons. The molecule has 2 nitrogen and oxygen atoms in total. The van der Waals surface area contributed by atoms with Gasteiger partial charge in [-0.15, -0.1) is 11.3 Å². The van der Waals surface area contributed by atoms with Crippen molar-refractivity contribution in [1.82, 2.24) is 9.88 Å². The van der Waals surface area contributed by atoms with Crippen molar-refractivity contribution in [2.45, 2.75) is 20.0 Å². The summed E-state index contributed by atoms with van der Waals surface area (Å²) in [5.74, 6) is 0. The highest BCUT2D eigenvalue weighted by Crippen LogP contribution is 2.25. The maximum atomic E-state index is 3.53. The van der Waals surface area contributed by atoms with Crippen molar-refractivity contribution in [3.63, 3.8) is 0 Å². The van der Waals surface area contributed by atoms with E-state index in [9.17, 15) is 0 Å². The zero-order valence-electron chi connectivity index (χ0n) is 11.4. The highest BCUT2D eigenvalue weighted by atomic mass is 79.9. The van der Waals surface area contributed by atoms with Gasteiger partial charge >= 0.3 is 0 Å². The third-order valence-corrected chi connectivity index (χ3v) is 5.07. The van der Waals surface area contributed by atoms with Crippen molar-refractivity contribution in [1.29, 1.82) is 0 Å². The van der Waals surface area contributed by atoms with Crippen LogP contribution in [0.25, 0.3) is 10.9 Å². The number of halogens is 1. The van der Waals surface area contributed by atoms with E-state index >= 15 is 0 Å². The van der Waals surface area contributed by atoms with Crippen molar-refractivity contribution in [2.75, 3.05) is 6.54 Å². The molecule has 0 bridgehead atoms. The van der Waals surface area contributed by atoms with Gasteiger partial charge in [0.05, 0.1) is 6.54 Å². The molecule has 2 aromatic heterocycles. The van der Waals surface area contributed by atoms with E-state index in [2.05, 4.69) is 74.6 Å². The van der Waals surface area contributed by atoms with E-state index in [0.717, 1.165) is 19.6 Å². The summed E-state index contributed by atoms with van der Waals surface area (Å²) in [6.45, 7) is 5.00. The van der Waals surface area contributed by atoms with Crippen LogP contribution in [0.2, 0.25) is 0 Å². The lowest BCUT2D eigenvalue weighted by atomic mass is 10.2. The number of rotatable bonds is 5. The van der Waals surface area contributed by atoms with Crippen LogP contribution in [0.4, 0.5) is 0 Å². The number of hydrogen-bond donors (Lipinski definition) is 1. The fourth-order valence-corrected chi connectivity index (χ4v) is 3.91. The number of aromatic nitrogens is 1. The molecule has 2 heterocycles. The van der Waals surface area contributed by atoms with Gasteiger partial charge in [0.1, 0.15) is 0 Å². The van der Waals surface area contributed by atoms with Crippen molar-refractivity contribution >= 4 is 38.2 Å². The standard InChI is InChI=1S/C16H17BrN2S/c1-2-18-8-12-9-19(10-14-7-13(17)11-20-14)16-6-4-3-5-15(12)16/h3-7,9,11,18H,2,8,10H2,1H3. The Morgan fingerprint density at radius 2 is 2.15 bits per heavy atom. The van der Waals surface area contributed by atoms with Gasteiger partial charge in [-0.3, -0.25) is 0 Å². The third-order valence-electron chi connectivity index (χ3n) is 3.38. The number of fused-ring (bicyclic) bond motifs is 1. The van der Waals surface area contributed by atoms with Crippen LogP contribution < -0.4 is 5.32 Å². The molecule has 3 rings (SSSR count). The second-order valence-corrected chi connectivity index (χ2v) is 6.72. The van der Waals surface area contributed by atoms with E-state index in [4.69, 9.17) is 0 Å². The van der Waals surface area contributed by atoms with Crippen LogP contribution in [0, 0.1) is 0 Å². The first-order valence-electron chi connectivity index (χ1n) is 6.78. The van der Waals surface area contributed by atoms with E-state index in [-0.39, 0.29) is 0 Å². The quantitative estimate of drug-likeness (QED) is 0.711. The van der Waals surface area contributed by atoms with E-state index in [1.165, 1.54) is 25.8 Å². The molecule has 0 saturated heterocycles. The maximum absolute atomic E-state index is 3.53. The summed E-state index contributed by atoms with van der Waals surface area (Å²) in [5, 5.41) is 6.91. The molecule has 0 spiro atoms. The minimum absolute atomic E-state index is 0.929. The zero-order valence-corrected chi connectivity index (χ0v) is 13.8. The molecule has 1 aromatic carbocycles. The molecule has 0 atom stereocenters. The second-order valence-electron chi connectivity index (χ2n) is 4.81. The van der Waals surface area contributed by atoms with Gasteiger partial charge in [-0.2, -0.15) is 0 Å². The van der Waals surface area contributed by atoms with E-state index in [0.29, 0.717) is 0 Å². The smallest absolute Gasteiger partial charge is 0.0569 e. The van der Waals surface area contributed by atoms with Gasteiger partial charge < -0.3 is 9.88 Å². The summed E-state index contributed by atoms with van der Waals surface area (Å²) in [5.41, 5.74) is 2.68. The summed E-state index contributed by atoms with van der Waals surface area (Å²) in [6.07, 6.45) is 2.28. The molecule has 0 aliphatic heterocycles. The highest BCUT2D eigenvalue weighted by molar-refractivity contribution is 9.10. The molecule has 0 aliphatic rings. The lowest BCUT2D eigenvalue weighted by molar-refractivity contribution is 0.725. The van der Waals surface area contributed by atoms with Gasteiger partial charge in [-0.05, 0) is 40.2 Å². The maximum Gasteiger partial charge on any atom is 0.0569 e. The minimum atomic E-state index is 0.929. The Labute approximate surface area is 131 Å². The van der Waals surface area contributed by atoms with Crippen LogP contribution in [-0.2, 0) is 13.1 Å². The molecule has 0 aliphatic carbocycles. The highest BCUT2D eigenvalue weighted by Gasteiger charge is 2.08. The molecule has 0 saturated carbocycles. The average Bonchev–Trinajstić information content (AvgIpc) is 3.02. The Bertz CT molecular complexity index is 714. The molecular weight excluding hydrogens is 332 g/mol. The van der Waals surface area contributed by atoms with Crippen LogP contribution in [0.1, 0.15) is 17.4 Å². The van der Waals surface area contributed by atoms with Gasteiger partial charge in [0.2, 0.25) is 0 Å². The van der Waals surface area contributed by atoms with Gasteiger partial charge in [0.15, 0.2) is 0 Å². The predicted octanol–water partition coefficient (Wildman–Crippen LogP) is 4.62. The number of nitrogens with zero attached hydrogens (tertiary/aromatic N) is 1. The lowest BCUT2D eigenvalue weighted by Gasteiger charge is -2.02. The first-order valence-corrected chi connectivity index (χ1v) is 8.45. The molecular formula is C16H17BrN2S. The largest absolute Gasteiger partial charge is 0.342 e. The van der Waals surface area contributed by atoms with Gasteiger partial charge in [0, 0.05) is 38.4 Å². The molecule has 4 heteroatoms. The average molecular weight is 349 g/mol. The normalized spacial score (nSPS) is 11.3. The van der Waals surface area contributed by atoms with E-state index < -0.39 is 0 Å². The SMILES string of the molecule is CCNCc1cn(Cc2cc(Br)cs2)c2ccccc12. The number of thiophene rings is 1. The van der Waals surface area contributed by atoms with Crippen LogP contribution in [-0.4, -0.2) is 11.1 Å². The molecule has 0 amide bonds. The van der Waals surface area contributed by atoms with Crippen molar-refractivity contribution in [3.8, 4) is 0 Å². The molecule has 1 N–H and O–H groups in total. The summed E-state index contributed by atoms with van der Waals surface area (Å²) >= 11 is 5.32. The number of para-hydroxylation sites is 1. The first-order chi connectivity index (χ1) is 9.78. The number of nitrogens with one attached hydrogen (secondary N) is 1. The topological polar surface area (TPSA) is 17.0 Å². The summed E-state index contributed by atoms with van der Waals surface area (Å²) in [4.78, 5) is 1.37. The van der Waals surface area contributed by atoms with Gasteiger partial charge in [0.25, 0.3) is 0 Å². The van der Waals surface area contributed by atoms with Crippen LogP contribution in [0.5, 0.6) is 0 Å². The molecule has 20 heavy (non-hydrogen) atoms. The van der Waals surface area contributed by atoms with Crippen molar-refractivity contribution in [2.24, 2.45) is 0 Å². The van der Waals surface area contributed by atoms with E-state index in [1.54, 1.807) is 11.3 Å².